The fourth-order valence-corrected chi connectivity index (χ4v) is 1.99. The second-order valence-corrected chi connectivity index (χ2v) is 5.27. The van der Waals surface area contributed by atoms with Crippen LogP contribution in [0.1, 0.15) is 31.7 Å². The van der Waals surface area contributed by atoms with Gasteiger partial charge in [-0.15, -0.1) is 0 Å². The van der Waals surface area contributed by atoms with Crippen molar-refractivity contribution in [3.8, 4) is 0 Å². The number of nitrogens with one attached hydrogen (secondary N) is 1. The number of hydrogen-bond acceptors (Lipinski definition) is 3. The average Bonchev–Trinajstić information content (AvgIpc) is 2.35. The number of carbonyl (C=O) groups is 2. The number of amides is 1. The van der Waals surface area contributed by atoms with Crippen LogP contribution < -0.4 is 5.32 Å². The first-order chi connectivity index (χ1) is 10.3. The van der Waals surface area contributed by atoms with E-state index in [0.717, 1.165) is 31.4 Å². The van der Waals surface area contributed by atoms with Gasteiger partial charge in [-0.2, -0.15) is 13.2 Å². The van der Waals surface area contributed by atoms with Crippen molar-refractivity contribution in [1.29, 1.82) is 0 Å². The van der Waals surface area contributed by atoms with Crippen LogP contribution in [0.3, 0.4) is 0 Å². The van der Waals surface area contributed by atoms with Crippen molar-refractivity contribution in [2.24, 2.45) is 5.92 Å². The summed E-state index contributed by atoms with van der Waals surface area (Å²) in [5, 5.41) is 2.32. The molecule has 120 valence electrons. The molecule has 1 N–H and O–H groups in total. The molecule has 1 aliphatic rings. The zero-order chi connectivity index (χ0) is 16.3. The molecule has 0 bridgehead atoms. The van der Waals surface area contributed by atoms with Crippen LogP contribution >= 0.6 is 0 Å². The summed E-state index contributed by atoms with van der Waals surface area (Å²) in [6.45, 7) is 1.39. The van der Waals surface area contributed by atoms with Gasteiger partial charge in [-0.25, -0.2) is 0 Å². The molecule has 7 heteroatoms. The Balaban J connectivity index is 1.94. The topological polar surface area (TPSA) is 55.4 Å². The summed E-state index contributed by atoms with van der Waals surface area (Å²) in [4.78, 5) is 23.5. The Labute approximate surface area is 125 Å². The van der Waals surface area contributed by atoms with Gasteiger partial charge in [0, 0.05) is 5.69 Å². The van der Waals surface area contributed by atoms with Crippen LogP contribution in [0.25, 0.3) is 0 Å². The van der Waals surface area contributed by atoms with Gasteiger partial charge in [0.2, 0.25) is 0 Å². The molecule has 0 saturated heterocycles. The van der Waals surface area contributed by atoms with Gasteiger partial charge >= 0.3 is 12.1 Å². The number of ether oxygens (including phenoxy) is 1. The van der Waals surface area contributed by atoms with E-state index in [2.05, 4.69) is 5.32 Å². The molecule has 1 fully saturated rings. The molecule has 4 nitrogen and oxygen atoms in total. The zero-order valence-electron chi connectivity index (χ0n) is 11.9. The molecular formula is C15H16F3NO3. The highest BCUT2D eigenvalue weighted by molar-refractivity contribution is 5.95. The van der Waals surface area contributed by atoms with Crippen molar-refractivity contribution in [2.75, 3.05) is 5.32 Å². The van der Waals surface area contributed by atoms with Crippen molar-refractivity contribution in [3.05, 3.63) is 29.8 Å². The number of halogens is 3. The number of esters is 1. The van der Waals surface area contributed by atoms with E-state index < -0.39 is 29.7 Å². The van der Waals surface area contributed by atoms with Gasteiger partial charge in [-0.05, 0) is 38.0 Å². The fourth-order valence-electron chi connectivity index (χ4n) is 1.99. The molecule has 0 aromatic heterocycles. The highest BCUT2D eigenvalue weighted by Crippen LogP contribution is 2.31. The Hall–Kier alpha value is -2.05. The quantitative estimate of drug-likeness (QED) is 0.867. The highest BCUT2D eigenvalue weighted by atomic mass is 19.4. The number of alkyl halides is 3. The fraction of sp³-hybridized carbons (Fsp3) is 0.467. The van der Waals surface area contributed by atoms with E-state index in [0.29, 0.717) is 0 Å². The van der Waals surface area contributed by atoms with E-state index in [9.17, 15) is 22.8 Å². The largest absolute Gasteiger partial charge is 0.452 e. The Morgan fingerprint density at radius 1 is 1.32 bits per heavy atom. The van der Waals surface area contributed by atoms with Crippen LogP contribution in [0.5, 0.6) is 0 Å². The predicted molar refractivity (Wildman–Crippen MR) is 73.0 cm³/mol. The minimum absolute atomic E-state index is 0.00590. The van der Waals surface area contributed by atoms with Crippen molar-refractivity contribution < 1.29 is 27.5 Å². The maximum atomic E-state index is 12.6. The number of hydrogen-bond donors (Lipinski definition) is 1. The molecule has 0 heterocycles. The predicted octanol–water partition coefficient (Wildman–Crippen LogP) is 3.38. The minimum atomic E-state index is -4.48. The number of carbonyl (C=O) groups excluding carboxylic acids is 2. The molecule has 1 aromatic carbocycles. The summed E-state index contributed by atoms with van der Waals surface area (Å²) in [7, 11) is 0. The SMILES string of the molecule is CC(OC(=O)C1CCC1)C(=O)Nc1cccc(C(F)(F)F)c1. The summed E-state index contributed by atoms with van der Waals surface area (Å²) in [6, 6.07) is 4.28. The molecule has 0 aliphatic heterocycles. The first-order valence-corrected chi connectivity index (χ1v) is 6.96. The maximum absolute atomic E-state index is 12.6. The first-order valence-electron chi connectivity index (χ1n) is 6.96. The van der Waals surface area contributed by atoms with Gasteiger partial charge in [-0.3, -0.25) is 9.59 Å². The summed E-state index contributed by atoms with van der Waals surface area (Å²) < 4.78 is 42.8. The van der Waals surface area contributed by atoms with E-state index in [1.807, 2.05) is 0 Å². The van der Waals surface area contributed by atoms with E-state index in [-0.39, 0.29) is 11.6 Å². The molecule has 22 heavy (non-hydrogen) atoms. The molecule has 0 radical (unpaired) electrons. The Morgan fingerprint density at radius 3 is 2.55 bits per heavy atom. The van der Waals surface area contributed by atoms with Crippen LogP contribution in [-0.4, -0.2) is 18.0 Å². The standard InChI is InChI=1S/C15H16F3NO3/c1-9(22-14(21)10-4-2-5-10)13(20)19-12-7-3-6-11(8-12)15(16,17)18/h3,6-10H,2,4-5H2,1H3,(H,19,20). The molecule has 1 aliphatic carbocycles. The third-order valence-electron chi connectivity index (χ3n) is 3.56. The Morgan fingerprint density at radius 2 is 2.00 bits per heavy atom. The molecule has 1 atom stereocenters. The van der Waals surface area contributed by atoms with E-state index in [1.165, 1.54) is 19.1 Å². The zero-order valence-corrected chi connectivity index (χ0v) is 11.9. The van der Waals surface area contributed by atoms with Gasteiger partial charge in [0.05, 0.1) is 11.5 Å². The van der Waals surface area contributed by atoms with Crippen molar-refractivity contribution in [3.63, 3.8) is 0 Å². The number of rotatable bonds is 4. The van der Waals surface area contributed by atoms with Gasteiger partial charge in [0.25, 0.3) is 5.91 Å². The van der Waals surface area contributed by atoms with E-state index in [1.54, 1.807) is 0 Å². The first kappa shape index (κ1) is 16.3. The third kappa shape index (κ3) is 3.99. The lowest BCUT2D eigenvalue weighted by atomic mass is 9.86. The summed E-state index contributed by atoms with van der Waals surface area (Å²) in [5.74, 6) is -1.26. The molecule has 2 rings (SSSR count). The molecule has 1 amide bonds. The van der Waals surface area contributed by atoms with Crippen LogP contribution in [-0.2, 0) is 20.5 Å². The van der Waals surface area contributed by atoms with Crippen LogP contribution in [0.4, 0.5) is 18.9 Å². The lowest BCUT2D eigenvalue weighted by Crippen LogP contribution is -2.34. The van der Waals surface area contributed by atoms with Crippen molar-refractivity contribution >= 4 is 17.6 Å². The smallest absolute Gasteiger partial charge is 0.416 e. The second kappa shape index (κ2) is 6.37. The van der Waals surface area contributed by atoms with Gasteiger partial charge in [0.15, 0.2) is 6.10 Å². The maximum Gasteiger partial charge on any atom is 0.416 e. The van der Waals surface area contributed by atoms with Gasteiger partial charge in [0.1, 0.15) is 0 Å². The van der Waals surface area contributed by atoms with Crippen molar-refractivity contribution in [2.45, 2.75) is 38.5 Å². The lowest BCUT2D eigenvalue weighted by molar-refractivity contribution is -0.159. The van der Waals surface area contributed by atoms with Crippen LogP contribution in [0.2, 0.25) is 0 Å². The van der Waals surface area contributed by atoms with Gasteiger partial charge in [-0.1, -0.05) is 12.5 Å². The minimum Gasteiger partial charge on any atom is -0.452 e. The van der Waals surface area contributed by atoms with E-state index >= 15 is 0 Å². The van der Waals surface area contributed by atoms with E-state index in [4.69, 9.17) is 4.74 Å². The van der Waals surface area contributed by atoms with Crippen LogP contribution in [0.15, 0.2) is 24.3 Å². The van der Waals surface area contributed by atoms with Gasteiger partial charge < -0.3 is 10.1 Å². The second-order valence-electron chi connectivity index (χ2n) is 5.27. The number of benzene rings is 1. The normalized spacial score (nSPS) is 16.5. The van der Waals surface area contributed by atoms with Crippen LogP contribution in [0, 0.1) is 5.92 Å². The Kier molecular flexibility index (Phi) is 4.73. The molecule has 1 saturated carbocycles. The molecular weight excluding hydrogens is 299 g/mol. The monoisotopic (exact) mass is 315 g/mol. The van der Waals surface area contributed by atoms with Crippen molar-refractivity contribution in [1.82, 2.24) is 0 Å². The highest BCUT2D eigenvalue weighted by Gasteiger charge is 2.31. The third-order valence-corrected chi connectivity index (χ3v) is 3.56. The lowest BCUT2D eigenvalue weighted by Gasteiger charge is -2.24. The molecule has 1 aromatic rings. The summed E-state index contributed by atoms with van der Waals surface area (Å²) in [5.41, 5.74) is -0.851. The number of anilines is 1. The average molecular weight is 315 g/mol. The molecule has 1 unspecified atom stereocenters. The summed E-state index contributed by atoms with van der Waals surface area (Å²) in [6.07, 6.45) is -3.07. The summed E-state index contributed by atoms with van der Waals surface area (Å²) >= 11 is 0. The Bertz CT molecular complexity index is 567. The molecule has 0 spiro atoms.